The number of amides is 1. The largest absolute Gasteiger partial charge is 0.449 e. The number of halogens is 2. The van der Waals surface area contributed by atoms with E-state index in [1.54, 1.807) is 13.0 Å². The second kappa shape index (κ2) is 7.50. The summed E-state index contributed by atoms with van der Waals surface area (Å²) in [6.07, 6.45) is 0. The Morgan fingerprint density at radius 2 is 1.78 bits per heavy atom. The zero-order valence-electron chi connectivity index (χ0n) is 17.5. The Kier molecular flexibility index (Phi) is 4.87. The normalized spacial score (nSPS) is 15.8. The van der Waals surface area contributed by atoms with Crippen LogP contribution in [-0.2, 0) is 0 Å². The van der Waals surface area contributed by atoms with Crippen molar-refractivity contribution in [1.82, 2.24) is 5.16 Å². The molecule has 1 aliphatic heterocycles. The molecule has 1 amide bonds. The Bertz CT molecular complexity index is 1440. The van der Waals surface area contributed by atoms with Gasteiger partial charge in [-0.2, -0.15) is 0 Å². The molecule has 0 saturated heterocycles. The van der Waals surface area contributed by atoms with E-state index in [4.69, 9.17) is 32.1 Å². The van der Waals surface area contributed by atoms with Gasteiger partial charge in [0.25, 0.3) is 5.91 Å². The van der Waals surface area contributed by atoms with Crippen LogP contribution in [-0.4, -0.2) is 11.1 Å². The third-order valence-electron chi connectivity index (χ3n) is 5.67. The number of fused-ring (bicyclic) bond motifs is 2. The molecule has 0 fully saturated rings. The van der Waals surface area contributed by atoms with E-state index < -0.39 is 11.9 Å². The molecule has 0 N–H and O–H groups in total. The highest BCUT2D eigenvalue weighted by atomic mass is 35.5. The highest BCUT2D eigenvalue weighted by molar-refractivity contribution is 6.38. The number of carbonyl (C=O) groups excluding carboxylic acids is 1. The first-order chi connectivity index (χ1) is 15.3. The molecular weight excluding hydrogens is 451 g/mol. The second-order valence-corrected chi connectivity index (χ2v) is 8.98. The van der Waals surface area contributed by atoms with Gasteiger partial charge < -0.3 is 8.94 Å². The fourth-order valence-corrected chi connectivity index (χ4v) is 4.61. The molecule has 32 heavy (non-hydrogen) atoms. The lowest BCUT2D eigenvalue weighted by Crippen LogP contribution is -2.29. The molecule has 1 aliphatic rings. The monoisotopic (exact) mass is 468 g/mol. The highest BCUT2D eigenvalue weighted by Crippen LogP contribution is 2.42. The minimum atomic E-state index is -0.735. The summed E-state index contributed by atoms with van der Waals surface area (Å²) in [6, 6.07) is 11.7. The summed E-state index contributed by atoms with van der Waals surface area (Å²) in [4.78, 5) is 28.5. The number of aromatic nitrogens is 1. The molecule has 0 spiro atoms. The molecule has 3 heterocycles. The quantitative estimate of drug-likeness (QED) is 0.354. The molecule has 4 aromatic rings. The van der Waals surface area contributed by atoms with E-state index in [2.05, 4.69) is 19.0 Å². The van der Waals surface area contributed by atoms with E-state index >= 15 is 0 Å². The van der Waals surface area contributed by atoms with Crippen molar-refractivity contribution in [3.8, 4) is 0 Å². The lowest BCUT2D eigenvalue weighted by molar-refractivity contribution is 0.0969. The number of hydrogen-bond donors (Lipinski definition) is 0. The molecule has 8 heteroatoms. The van der Waals surface area contributed by atoms with E-state index in [9.17, 15) is 9.59 Å². The molecule has 6 nitrogen and oxygen atoms in total. The number of aryl methyl sites for hydroxylation is 1. The van der Waals surface area contributed by atoms with Gasteiger partial charge in [-0.3, -0.25) is 14.5 Å². The van der Waals surface area contributed by atoms with Crippen LogP contribution < -0.4 is 10.3 Å². The third-order valence-corrected chi connectivity index (χ3v) is 6.17. The van der Waals surface area contributed by atoms with Crippen LogP contribution in [0.3, 0.4) is 0 Å². The van der Waals surface area contributed by atoms with Crippen molar-refractivity contribution in [2.45, 2.75) is 32.7 Å². The number of hydrogen-bond acceptors (Lipinski definition) is 5. The standard InChI is InChI=1S/C24H18Cl2N2O4/c1-11(2)13-4-6-14(7-5-13)20-19-21(29)16-9-15(25)10-17(26)22(16)31-23(19)24(30)28(20)18-8-12(3)32-27-18/h4-11,20H,1-3H3/t20-/m1/s1. The summed E-state index contributed by atoms with van der Waals surface area (Å²) in [5.74, 6) is 0.622. The molecule has 0 bridgehead atoms. The van der Waals surface area contributed by atoms with Gasteiger partial charge in [0, 0.05) is 11.1 Å². The maximum absolute atomic E-state index is 13.6. The Labute approximate surface area is 193 Å². The number of anilines is 1. The number of benzene rings is 2. The zero-order valence-corrected chi connectivity index (χ0v) is 19.0. The van der Waals surface area contributed by atoms with Crippen molar-refractivity contribution < 1.29 is 13.7 Å². The minimum absolute atomic E-state index is 0.0645. The van der Waals surface area contributed by atoms with Gasteiger partial charge in [-0.15, -0.1) is 0 Å². The molecular formula is C24H18Cl2N2O4. The topological polar surface area (TPSA) is 76.6 Å². The molecule has 0 aliphatic carbocycles. The molecule has 0 unspecified atom stereocenters. The van der Waals surface area contributed by atoms with E-state index in [0.717, 1.165) is 11.1 Å². The minimum Gasteiger partial charge on any atom is -0.449 e. The van der Waals surface area contributed by atoms with E-state index in [-0.39, 0.29) is 32.7 Å². The zero-order chi connectivity index (χ0) is 22.7. The van der Waals surface area contributed by atoms with Crippen LogP contribution in [0.25, 0.3) is 11.0 Å². The van der Waals surface area contributed by atoms with Gasteiger partial charge in [-0.25, -0.2) is 0 Å². The van der Waals surface area contributed by atoms with Crippen LogP contribution in [0.5, 0.6) is 0 Å². The van der Waals surface area contributed by atoms with Gasteiger partial charge >= 0.3 is 0 Å². The summed E-state index contributed by atoms with van der Waals surface area (Å²) < 4.78 is 11.1. The summed E-state index contributed by atoms with van der Waals surface area (Å²) in [5.41, 5.74) is 1.88. The molecule has 1 atom stereocenters. The van der Waals surface area contributed by atoms with Crippen LogP contribution >= 0.6 is 23.2 Å². The molecule has 0 radical (unpaired) electrons. The van der Waals surface area contributed by atoms with Crippen molar-refractivity contribution in [3.05, 3.63) is 90.9 Å². The highest BCUT2D eigenvalue weighted by Gasteiger charge is 2.45. The van der Waals surface area contributed by atoms with Gasteiger partial charge in [-0.05, 0) is 36.1 Å². The second-order valence-electron chi connectivity index (χ2n) is 8.13. The lowest BCUT2D eigenvalue weighted by atomic mass is 9.95. The fourth-order valence-electron chi connectivity index (χ4n) is 4.08. The molecule has 2 aromatic carbocycles. The van der Waals surface area contributed by atoms with Gasteiger partial charge in [-0.1, -0.05) is 66.5 Å². The van der Waals surface area contributed by atoms with Crippen LogP contribution in [0, 0.1) is 6.92 Å². The summed E-state index contributed by atoms with van der Waals surface area (Å²) in [5, 5.41) is 4.71. The van der Waals surface area contributed by atoms with Crippen LogP contribution in [0.15, 0.2) is 56.2 Å². The Hall–Kier alpha value is -3.09. The third kappa shape index (κ3) is 3.14. The summed E-state index contributed by atoms with van der Waals surface area (Å²) in [7, 11) is 0. The van der Waals surface area contributed by atoms with Crippen LogP contribution in [0.4, 0.5) is 5.82 Å². The Morgan fingerprint density at radius 1 is 1.06 bits per heavy atom. The van der Waals surface area contributed by atoms with Gasteiger partial charge in [0.2, 0.25) is 5.76 Å². The predicted octanol–water partition coefficient (Wildman–Crippen LogP) is 6.27. The van der Waals surface area contributed by atoms with Gasteiger partial charge in [0.15, 0.2) is 16.8 Å². The van der Waals surface area contributed by atoms with Crippen LogP contribution in [0.2, 0.25) is 10.0 Å². The van der Waals surface area contributed by atoms with E-state index in [1.807, 2.05) is 24.3 Å². The van der Waals surface area contributed by atoms with Gasteiger partial charge in [0.05, 0.1) is 22.0 Å². The lowest BCUT2D eigenvalue weighted by Gasteiger charge is -2.22. The summed E-state index contributed by atoms with van der Waals surface area (Å²) in [6.45, 7) is 5.93. The fraction of sp³-hybridized carbons (Fsp3) is 0.208. The van der Waals surface area contributed by atoms with Crippen molar-refractivity contribution in [1.29, 1.82) is 0 Å². The van der Waals surface area contributed by atoms with Crippen molar-refractivity contribution >= 4 is 45.9 Å². The average Bonchev–Trinajstić information content (AvgIpc) is 3.30. The Morgan fingerprint density at radius 3 is 2.41 bits per heavy atom. The van der Waals surface area contributed by atoms with Crippen LogP contribution in [0.1, 0.15) is 58.8 Å². The molecule has 162 valence electrons. The predicted molar refractivity (Wildman–Crippen MR) is 123 cm³/mol. The summed E-state index contributed by atoms with van der Waals surface area (Å²) >= 11 is 12.4. The average molecular weight is 469 g/mol. The Balaban J connectivity index is 1.80. The number of nitrogens with zero attached hydrogens (tertiary/aromatic N) is 2. The molecule has 0 saturated carbocycles. The number of rotatable bonds is 3. The maximum atomic E-state index is 13.6. The van der Waals surface area contributed by atoms with Crippen molar-refractivity contribution in [2.24, 2.45) is 0 Å². The SMILES string of the molecule is Cc1cc(N2C(=O)c3oc4c(Cl)cc(Cl)cc4c(=O)c3[C@H]2c2ccc(C(C)C)cc2)no1. The molecule has 2 aromatic heterocycles. The van der Waals surface area contributed by atoms with Gasteiger partial charge in [0.1, 0.15) is 5.76 Å². The van der Waals surface area contributed by atoms with E-state index in [1.165, 1.54) is 17.0 Å². The smallest absolute Gasteiger partial charge is 0.296 e. The first kappa shape index (κ1) is 20.8. The first-order valence-corrected chi connectivity index (χ1v) is 10.8. The number of carbonyl (C=O) groups is 1. The maximum Gasteiger partial charge on any atom is 0.296 e. The van der Waals surface area contributed by atoms with E-state index in [0.29, 0.717) is 22.5 Å². The first-order valence-electron chi connectivity index (χ1n) is 10.1. The van der Waals surface area contributed by atoms with Crippen molar-refractivity contribution in [3.63, 3.8) is 0 Å². The molecule has 5 rings (SSSR count). The van der Waals surface area contributed by atoms with Crippen molar-refractivity contribution in [2.75, 3.05) is 4.90 Å².